The van der Waals surface area contributed by atoms with Crippen molar-refractivity contribution >= 4 is 32.7 Å². The first-order valence-electron chi connectivity index (χ1n) is 10.8. The minimum absolute atomic E-state index is 0.000358. The highest BCUT2D eigenvalue weighted by molar-refractivity contribution is 8.15. The first-order valence-corrected chi connectivity index (χ1v) is 13.5. The van der Waals surface area contributed by atoms with Gasteiger partial charge in [0.25, 0.3) is 0 Å². The van der Waals surface area contributed by atoms with Crippen LogP contribution in [0.4, 0.5) is 0 Å². The molecule has 0 aromatic rings. The van der Waals surface area contributed by atoms with Gasteiger partial charge in [0, 0.05) is 17.7 Å². The molecular formula is C20H30N2O3S2. The van der Waals surface area contributed by atoms with Crippen LogP contribution in [0.1, 0.15) is 64.2 Å². The van der Waals surface area contributed by atoms with Gasteiger partial charge in [0.1, 0.15) is 0 Å². The van der Waals surface area contributed by atoms with E-state index >= 15 is 0 Å². The molecule has 0 aromatic carbocycles. The van der Waals surface area contributed by atoms with Crippen molar-refractivity contribution in [3.63, 3.8) is 0 Å². The molecule has 1 amide bonds. The Morgan fingerprint density at radius 2 is 1.89 bits per heavy atom. The maximum Gasteiger partial charge on any atom is 0.248 e. The van der Waals surface area contributed by atoms with E-state index in [0.717, 1.165) is 23.9 Å². The lowest BCUT2D eigenvalue weighted by Crippen LogP contribution is -2.47. The van der Waals surface area contributed by atoms with E-state index in [0.29, 0.717) is 24.3 Å². The molecule has 2 heterocycles. The second-order valence-corrected chi connectivity index (χ2v) is 12.8. The zero-order valence-corrected chi connectivity index (χ0v) is 17.5. The first kappa shape index (κ1) is 18.5. The molecule has 0 aromatic heterocycles. The van der Waals surface area contributed by atoms with Crippen molar-refractivity contribution < 1.29 is 13.2 Å². The van der Waals surface area contributed by atoms with Crippen molar-refractivity contribution in [1.29, 1.82) is 0 Å². The molecule has 0 spiro atoms. The summed E-state index contributed by atoms with van der Waals surface area (Å²) in [5.74, 6) is 2.65. The maximum absolute atomic E-state index is 12.6. The minimum Gasteiger partial charge on any atom is -0.343 e. The lowest BCUT2D eigenvalue weighted by atomic mass is 9.93. The molecule has 3 aliphatic carbocycles. The lowest BCUT2D eigenvalue weighted by molar-refractivity contribution is -0.118. The third-order valence-electron chi connectivity index (χ3n) is 7.63. The molecule has 0 radical (unpaired) electrons. The summed E-state index contributed by atoms with van der Waals surface area (Å²) in [6.45, 7) is 0. The van der Waals surface area contributed by atoms with E-state index in [9.17, 15) is 13.2 Å². The normalized spacial score (nSPS) is 41.7. The molecule has 2 saturated heterocycles. The Hall–Kier alpha value is -0.560. The third kappa shape index (κ3) is 3.59. The van der Waals surface area contributed by atoms with Crippen molar-refractivity contribution in [2.75, 3.05) is 11.5 Å². The Morgan fingerprint density at radius 3 is 2.59 bits per heavy atom. The first-order chi connectivity index (χ1) is 13.0. The molecule has 5 nitrogen and oxygen atoms in total. The van der Waals surface area contributed by atoms with Gasteiger partial charge in [-0.3, -0.25) is 4.79 Å². The second kappa shape index (κ2) is 7.05. The number of hydrogen-bond donors (Lipinski definition) is 0. The summed E-state index contributed by atoms with van der Waals surface area (Å²) in [5.41, 5.74) is 0. The quantitative estimate of drug-likeness (QED) is 0.712. The van der Waals surface area contributed by atoms with Crippen LogP contribution in [0.5, 0.6) is 0 Å². The van der Waals surface area contributed by atoms with Crippen molar-refractivity contribution in [2.45, 2.75) is 81.5 Å². The molecule has 7 heteroatoms. The Morgan fingerprint density at radius 1 is 1.07 bits per heavy atom. The number of carbonyl (C=O) groups is 1. The largest absolute Gasteiger partial charge is 0.343 e. The number of carbonyl (C=O) groups excluding carboxylic acids is 1. The van der Waals surface area contributed by atoms with Crippen LogP contribution >= 0.6 is 11.8 Å². The van der Waals surface area contributed by atoms with Gasteiger partial charge in [0.05, 0.1) is 17.5 Å². The molecule has 5 rings (SSSR count). The van der Waals surface area contributed by atoms with Gasteiger partial charge in [-0.1, -0.05) is 43.9 Å². The van der Waals surface area contributed by atoms with Gasteiger partial charge in [0.15, 0.2) is 15.0 Å². The molecule has 2 aliphatic heterocycles. The fraction of sp³-hybridized carbons (Fsp3) is 0.900. The van der Waals surface area contributed by atoms with Crippen LogP contribution in [-0.2, 0) is 14.6 Å². The predicted molar refractivity (Wildman–Crippen MR) is 109 cm³/mol. The van der Waals surface area contributed by atoms with E-state index in [2.05, 4.69) is 9.89 Å². The Bertz CT molecular complexity index is 744. The summed E-state index contributed by atoms with van der Waals surface area (Å²) in [6, 6.07) is 0.437. The summed E-state index contributed by atoms with van der Waals surface area (Å²) in [6.07, 6.45) is 11.7. The van der Waals surface area contributed by atoms with Crippen molar-refractivity contribution in [2.24, 2.45) is 22.7 Å². The number of fused-ring (bicyclic) bond motifs is 3. The molecule has 2 bridgehead atoms. The minimum atomic E-state index is -2.96. The Kier molecular flexibility index (Phi) is 4.82. The van der Waals surface area contributed by atoms with E-state index in [1.54, 1.807) is 11.8 Å². The smallest absolute Gasteiger partial charge is 0.248 e. The van der Waals surface area contributed by atoms with E-state index in [1.165, 1.54) is 44.9 Å². The molecule has 150 valence electrons. The lowest BCUT2D eigenvalue weighted by Gasteiger charge is -2.36. The maximum atomic E-state index is 12.6. The average Bonchev–Trinajstić information content (AvgIpc) is 3.39. The van der Waals surface area contributed by atoms with Crippen molar-refractivity contribution in [3.05, 3.63) is 0 Å². The Labute approximate surface area is 166 Å². The molecule has 0 unspecified atom stereocenters. The highest BCUT2D eigenvalue weighted by Crippen LogP contribution is 2.51. The number of amides is 1. The van der Waals surface area contributed by atoms with Gasteiger partial charge in [-0.15, -0.1) is 0 Å². The van der Waals surface area contributed by atoms with Crippen LogP contribution in [-0.4, -0.2) is 53.2 Å². The number of hydrogen-bond acceptors (Lipinski definition) is 4. The Balaban J connectivity index is 1.33. The number of aliphatic imine (C=N–C) groups is 1. The van der Waals surface area contributed by atoms with Gasteiger partial charge < -0.3 is 4.90 Å². The van der Waals surface area contributed by atoms with Gasteiger partial charge in [0.2, 0.25) is 5.91 Å². The molecule has 5 fully saturated rings. The fourth-order valence-corrected chi connectivity index (χ4v) is 10.3. The monoisotopic (exact) mass is 410 g/mol. The topological polar surface area (TPSA) is 66.8 Å². The van der Waals surface area contributed by atoms with E-state index in [1.807, 2.05) is 0 Å². The summed E-state index contributed by atoms with van der Waals surface area (Å²) in [4.78, 5) is 19.4. The van der Waals surface area contributed by atoms with E-state index < -0.39 is 9.84 Å². The van der Waals surface area contributed by atoms with Crippen LogP contribution in [0.3, 0.4) is 0 Å². The molecule has 0 N–H and O–H groups in total. The van der Waals surface area contributed by atoms with Crippen LogP contribution in [0.25, 0.3) is 0 Å². The van der Waals surface area contributed by atoms with Crippen molar-refractivity contribution in [3.8, 4) is 0 Å². The number of nitrogens with zero attached hydrogens (tertiary/aromatic N) is 2. The van der Waals surface area contributed by atoms with E-state index in [4.69, 9.17) is 0 Å². The van der Waals surface area contributed by atoms with Crippen LogP contribution < -0.4 is 0 Å². The van der Waals surface area contributed by atoms with E-state index in [-0.39, 0.29) is 28.7 Å². The molecule has 3 saturated carbocycles. The van der Waals surface area contributed by atoms with Gasteiger partial charge in [-0.25, -0.2) is 8.42 Å². The zero-order valence-electron chi connectivity index (χ0n) is 15.9. The highest BCUT2D eigenvalue weighted by Gasteiger charge is 2.54. The van der Waals surface area contributed by atoms with Gasteiger partial charge >= 0.3 is 0 Å². The highest BCUT2D eigenvalue weighted by atomic mass is 32.2. The number of sulfone groups is 1. The summed E-state index contributed by atoms with van der Waals surface area (Å²) >= 11 is 1.57. The number of amidine groups is 1. The van der Waals surface area contributed by atoms with Gasteiger partial charge in [-0.05, 0) is 43.4 Å². The standard InChI is InChI=1S/C20H30N2O3S2/c23-19(8-6-13-3-1-2-4-13)21-20-22(16-10-14-5-7-15(16)9-14)17-11-27(24,25)12-18(17)26-20/h13-18H,1-12H2/t14-,15-,16+,17+,18+/m0/s1. The average molecular weight is 411 g/mol. The van der Waals surface area contributed by atoms with Crippen molar-refractivity contribution in [1.82, 2.24) is 4.90 Å². The molecule has 5 atom stereocenters. The van der Waals surface area contributed by atoms with Crippen LogP contribution in [0.2, 0.25) is 0 Å². The summed E-state index contributed by atoms with van der Waals surface area (Å²) in [7, 11) is -2.96. The van der Waals surface area contributed by atoms with Crippen LogP contribution in [0.15, 0.2) is 4.99 Å². The summed E-state index contributed by atoms with van der Waals surface area (Å²) < 4.78 is 24.4. The molecular weight excluding hydrogens is 380 g/mol. The van der Waals surface area contributed by atoms with Crippen LogP contribution in [0, 0.1) is 17.8 Å². The third-order valence-corrected chi connectivity index (χ3v) is 10.9. The number of rotatable bonds is 4. The molecule has 5 aliphatic rings. The SMILES string of the molecule is O=C(CCC1CCCC1)N=C1S[C@@H]2CS(=O)(=O)C[C@H]2N1[C@@H]1C[C@H]2CC[C@H]1C2. The predicted octanol–water partition coefficient (Wildman–Crippen LogP) is 3.24. The number of thioether (sulfide) groups is 1. The van der Waals surface area contributed by atoms with Gasteiger partial charge in [-0.2, -0.15) is 4.99 Å². The second-order valence-electron chi connectivity index (χ2n) is 9.43. The summed E-state index contributed by atoms with van der Waals surface area (Å²) in [5, 5.41) is 0.907. The zero-order chi connectivity index (χ0) is 18.6. The fourth-order valence-electron chi connectivity index (χ4n) is 6.32. The molecule has 27 heavy (non-hydrogen) atoms.